The summed E-state index contributed by atoms with van der Waals surface area (Å²) in [5, 5.41) is 3.38. The van der Waals surface area contributed by atoms with E-state index in [-0.39, 0.29) is 24.9 Å². The number of H-pyrrole nitrogens is 1. The monoisotopic (exact) mass is 333 g/mol. The van der Waals surface area contributed by atoms with Gasteiger partial charge < -0.3 is 19.9 Å². The molecule has 2 aliphatic heterocycles. The van der Waals surface area contributed by atoms with Gasteiger partial charge in [0.1, 0.15) is 5.75 Å². The minimum absolute atomic E-state index is 0. The third-order valence-electron chi connectivity index (χ3n) is 4.39. The SMILES string of the molecule is CCN1C(=O)COc2ccc(-c3cc4c([nH]3)CCNC4)cc21.Cl. The minimum atomic E-state index is 0. The quantitative estimate of drug-likeness (QED) is 0.887. The lowest BCUT2D eigenvalue weighted by Crippen LogP contribution is -2.38. The van der Waals surface area contributed by atoms with Crippen molar-refractivity contribution in [3.8, 4) is 17.0 Å². The van der Waals surface area contributed by atoms with Gasteiger partial charge in [-0.25, -0.2) is 0 Å². The van der Waals surface area contributed by atoms with E-state index in [0.717, 1.165) is 42.2 Å². The summed E-state index contributed by atoms with van der Waals surface area (Å²) in [6.45, 7) is 4.70. The number of carbonyl (C=O) groups excluding carboxylic acids is 1. The van der Waals surface area contributed by atoms with Gasteiger partial charge in [-0.3, -0.25) is 4.79 Å². The lowest BCUT2D eigenvalue weighted by Gasteiger charge is -2.28. The molecule has 5 nitrogen and oxygen atoms in total. The van der Waals surface area contributed by atoms with E-state index in [1.165, 1.54) is 11.3 Å². The Bertz CT molecular complexity index is 718. The second kappa shape index (κ2) is 6.26. The molecule has 0 atom stereocenters. The number of hydrogen-bond acceptors (Lipinski definition) is 3. The highest BCUT2D eigenvalue weighted by Crippen LogP contribution is 2.36. The summed E-state index contributed by atoms with van der Waals surface area (Å²) in [6, 6.07) is 8.25. The highest BCUT2D eigenvalue weighted by atomic mass is 35.5. The van der Waals surface area contributed by atoms with Crippen LogP contribution in [-0.2, 0) is 17.8 Å². The molecule has 1 aromatic carbocycles. The second-order valence-corrected chi connectivity index (χ2v) is 5.72. The Hall–Kier alpha value is -1.98. The molecule has 122 valence electrons. The number of likely N-dealkylation sites (N-methyl/N-ethyl adjacent to an activating group) is 1. The Morgan fingerprint density at radius 1 is 1.30 bits per heavy atom. The molecule has 0 radical (unpaired) electrons. The predicted octanol–water partition coefficient (Wildman–Crippen LogP) is 2.49. The number of hydrogen-bond donors (Lipinski definition) is 2. The smallest absolute Gasteiger partial charge is 0.265 e. The first-order valence-corrected chi connectivity index (χ1v) is 7.75. The molecular weight excluding hydrogens is 314 g/mol. The van der Waals surface area contributed by atoms with Crippen molar-refractivity contribution in [2.75, 3.05) is 24.6 Å². The number of benzene rings is 1. The average Bonchev–Trinajstić information content (AvgIpc) is 2.98. The molecule has 0 fully saturated rings. The van der Waals surface area contributed by atoms with E-state index in [0.29, 0.717) is 6.54 Å². The molecule has 1 amide bonds. The minimum Gasteiger partial charge on any atom is -0.482 e. The van der Waals surface area contributed by atoms with Crippen LogP contribution in [0.15, 0.2) is 24.3 Å². The molecule has 0 saturated carbocycles. The summed E-state index contributed by atoms with van der Waals surface area (Å²) in [6.07, 6.45) is 1.03. The maximum absolute atomic E-state index is 12.0. The number of rotatable bonds is 2. The van der Waals surface area contributed by atoms with Gasteiger partial charge in [0.05, 0.1) is 5.69 Å². The number of aromatic nitrogens is 1. The molecule has 4 rings (SSSR count). The zero-order valence-electron chi connectivity index (χ0n) is 13.0. The van der Waals surface area contributed by atoms with E-state index in [4.69, 9.17) is 4.74 Å². The van der Waals surface area contributed by atoms with Gasteiger partial charge in [-0.05, 0) is 36.8 Å². The summed E-state index contributed by atoms with van der Waals surface area (Å²) in [4.78, 5) is 17.3. The third-order valence-corrected chi connectivity index (χ3v) is 4.39. The molecule has 0 aliphatic carbocycles. The molecule has 0 spiro atoms. The number of nitrogens with zero attached hydrogens (tertiary/aromatic N) is 1. The van der Waals surface area contributed by atoms with E-state index < -0.39 is 0 Å². The van der Waals surface area contributed by atoms with Gasteiger partial charge in [0.15, 0.2) is 6.61 Å². The molecule has 1 aromatic heterocycles. The van der Waals surface area contributed by atoms with Crippen molar-refractivity contribution in [1.82, 2.24) is 10.3 Å². The maximum atomic E-state index is 12.0. The van der Waals surface area contributed by atoms with E-state index in [1.54, 1.807) is 4.90 Å². The van der Waals surface area contributed by atoms with Crippen molar-refractivity contribution in [2.24, 2.45) is 0 Å². The van der Waals surface area contributed by atoms with Crippen molar-refractivity contribution in [3.05, 3.63) is 35.5 Å². The van der Waals surface area contributed by atoms with E-state index in [9.17, 15) is 4.79 Å². The number of nitrogens with one attached hydrogen (secondary N) is 2. The summed E-state index contributed by atoms with van der Waals surface area (Å²) < 4.78 is 5.53. The lowest BCUT2D eigenvalue weighted by atomic mass is 10.1. The Morgan fingerprint density at radius 2 is 2.17 bits per heavy atom. The van der Waals surface area contributed by atoms with Gasteiger partial charge in [0.2, 0.25) is 0 Å². The van der Waals surface area contributed by atoms with Crippen LogP contribution in [0.4, 0.5) is 5.69 Å². The van der Waals surface area contributed by atoms with Crippen LogP contribution in [0.3, 0.4) is 0 Å². The standard InChI is InChI=1S/C17H19N3O2.ClH/c1-2-20-15-8-11(3-4-16(15)22-10-17(20)21)14-7-12-9-18-6-5-13(12)19-14;/h3-4,7-8,18-19H,2,5-6,9-10H2,1H3;1H. The van der Waals surface area contributed by atoms with Crippen LogP contribution in [0.5, 0.6) is 5.75 Å². The van der Waals surface area contributed by atoms with Gasteiger partial charge in [-0.1, -0.05) is 0 Å². The first-order chi connectivity index (χ1) is 10.8. The molecule has 0 bridgehead atoms. The van der Waals surface area contributed by atoms with Crippen molar-refractivity contribution < 1.29 is 9.53 Å². The maximum Gasteiger partial charge on any atom is 0.265 e. The molecule has 0 unspecified atom stereocenters. The van der Waals surface area contributed by atoms with Crippen molar-refractivity contribution in [2.45, 2.75) is 19.9 Å². The van der Waals surface area contributed by atoms with Gasteiger partial charge in [-0.2, -0.15) is 0 Å². The fourth-order valence-electron chi connectivity index (χ4n) is 3.23. The van der Waals surface area contributed by atoms with E-state index in [2.05, 4.69) is 16.4 Å². The van der Waals surface area contributed by atoms with Crippen molar-refractivity contribution in [3.63, 3.8) is 0 Å². The molecule has 0 saturated heterocycles. The van der Waals surface area contributed by atoms with Crippen LogP contribution in [0.25, 0.3) is 11.3 Å². The Labute approximate surface area is 141 Å². The number of anilines is 1. The zero-order chi connectivity index (χ0) is 15.1. The zero-order valence-corrected chi connectivity index (χ0v) is 13.8. The number of amides is 1. The van der Waals surface area contributed by atoms with Gasteiger partial charge >= 0.3 is 0 Å². The van der Waals surface area contributed by atoms with Crippen LogP contribution in [0, 0.1) is 0 Å². The van der Waals surface area contributed by atoms with Crippen molar-refractivity contribution >= 4 is 24.0 Å². The summed E-state index contributed by atoms with van der Waals surface area (Å²) in [5.41, 5.74) is 5.70. The van der Waals surface area contributed by atoms with Gasteiger partial charge in [0.25, 0.3) is 5.91 Å². The lowest BCUT2D eigenvalue weighted by molar-refractivity contribution is -0.121. The third kappa shape index (κ3) is 2.71. The molecule has 2 N–H and O–H groups in total. The molecule has 2 aromatic rings. The first kappa shape index (κ1) is 15.9. The largest absolute Gasteiger partial charge is 0.482 e. The van der Waals surface area contributed by atoms with Gasteiger partial charge in [-0.15, -0.1) is 12.4 Å². The summed E-state index contributed by atoms with van der Waals surface area (Å²) >= 11 is 0. The highest BCUT2D eigenvalue weighted by molar-refractivity contribution is 5.98. The van der Waals surface area contributed by atoms with E-state index in [1.807, 2.05) is 25.1 Å². The molecular formula is C17H20ClN3O2. The first-order valence-electron chi connectivity index (χ1n) is 7.75. The second-order valence-electron chi connectivity index (χ2n) is 5.72. The van der Waals surface area contributed by atoms with Crippen LogP contribution >= 0.6 is 12.4 Å². The topological polar surface area (TPSA) is 57.4 Å². The predicted molar refractivity (Wildman–Crippen MR) is 92.4 cm³/mol. The van der Waals surface area contributed by atoms with E-state index >= 15 is 0 Å². The average molecular weight is 334 g/mol. The normalized spacial score (nSPS) is 16.2. The number of ether oxygens (including phenoxy) is 1. The van der Waals surface area contributed by atoms with Crippen LogP contribution in [0.1, 0.15) is 18.2 Å². The molecule has 2 aliphatic rings. The fraction of sp³-hybridized carbons (Fsp3) is 0.353. The Balaban J connectivity index is 0.00000156. The van der Waals surface area contributed by atoms with Gasteiger partial charge in [0, 0.05) is 43.0 Å². The molecule has 23 heavy (non-hydrogen) atoms. The van der Waals surface area contributed by atoms with Crippen molar-refractivity contribution in [1.29, 1.82) is 0 Å². The molecule has 6 heteroatoms. The fourth-order valence-corrected chi connectivity index (χ4v) is 3.23. The Kier molecular flexibility index (Phi) is 4.33. The molecule has 3 heterocycles. The number of carbonyl (C=O) groups is 1. The van der Waals surface area contributed by atoms with Crippen LogP contribution in [-0.4, -0.2) is 30.6 Å². The highest BCUT2D eigenvalue weighted by Gasteiger charge is 2.25. The number of aromatic amines is 1. The number of halogens is 1. The Morgan fingerprint density at radius 3 is 2.96 bits per heavy atom. The van der Waals surface area contributed by atoms with Crippen LogP contribution in [0.2, 0.25) is 0 Å². The summed E-state index contributed by atoms with van der Waals surface area (Å²) in [7, 11) is 0. The summed E-state index contributed by atoms with van der Waals surface area (Å²) in [5.74, 6) is 0.797. The number of fused-ring (bicyclic) bond motifs is 2. The van der Waals surface area contributed by atoms with Crippen LogP contribution < -0.4 is 15.0 Å².